The van der Waals surface area contributed by atoms with E-state index in [4.69, 9.17) is 16.3 Å². The van der Waals surface area contributed by atoms with E-state index in [0.29, 0.717) is 65.1 Å². The number of rotatable bonds is 9. The summed E-state index contributed by atoms with van der Waals surface area (Å²) in [6.45, 7) is 2.45. The van der Waals surface area contributed by atoms with Crippen LogP contribution in [-0.2, 0) is 34.2 Å². The summed E-state index contributed by atoms with van der Waals surface area (Å²) in [7, 11) is 5.01. The minimum atomic E-state index is -4.65. The molecule has 3 aliphatic rings. The third kappa shape index (κ3) is 8.51. The molecule has 2 N–H and O–H groups in total. The van der Waals surface area contributed by atoms with Crippen molar-refractivity contribution in [3.63, 3.8) is 0 Å². The SMILES string of the molecule is COc1cc(-c2cn(C)c(=O)c3ccc(F)cc23)cc(Cl)c1CN1CCC(N(C)C(=O)C2CCN(c3ccc(NC4CCC(=O)NC4=O)cc3C(F)(F)F)CC2)CC1. The summed E-state index contributed by atoms with van der Waals surface area (Å²) in [6.07, 6.45) is -0.431. The van der Waals surface area contributed by atoms with E-state index in [1.807, 2.05) is 6.07 Å². The molecular formula is C42H45ClF4N6O5. The van der Waals surface area contributed by atoms with Crippen molar-refractivity contribution < 1.29 is 36.7 Å². The lowest BCUT2D eigenvalue weighted by molar-refractivity contribution is -0.139. The van der Waals surface area contributed by atoms with Crippen LogP contribution in [0.25, 0.3) is 21.9 Å². The minimum absolute atomic E-state index is 0.00108. The predicted octanol–water partition coefficient (Wildman–Crippen LogP) is 6.58. The van der Waals surface area contributed by atoms with Crippen LogP contribution >= 0.6 is 11.6 Å². The topological polar surface area (TPSA) is 116 Å². The van der Waals surface area contributed by atoms with E-state index in [0.717, 1.165) is 24.5 Å². The van der Waals surface area contributed by atoms with Gasteiger partial charge in [0.1, 0.15) is 17.6 Å². The van der Waals surface area contributed by atoms with Crippen LogP contribution in [0.2, 0.25) is 5.02 Å². The second kappa shape index (κ2) is 16.6. The summed E-state index contributed by atoms with van der Waals surface area (Å²) in [5.41, 5.74) is 1.20. The van der Waals surface area contributed by atoms with Gasteiger partial charge in [0.25, 0.3) is 5.56 Å². The van der Waals surface area contributed by atoms with Crippen molar-refractivity contribution in [1.82, 2.24) is 19.7 Å². The number of fused-ring (bicyclic) bond motifs is 1. The van der Waals surface area contributed by atoms with Crippen molar-refractivity contribution in [3.05, 3.63) is 87.0 Å². The largest absolute Gasteiger partial charge is 0.496 e. The van der Waals surface area contributed by atoms with Gasteiger partial charge in [0.05, 0.1) is 12.7 Å². The Morgan fingerprint density at radius 2 is 1.69 bits per heavy atom. The van der Waals surface area contributed by atoms with E-state index >= 15 is 0 Å². The lowest BCUT2D eigenvalue weighted by Gasteiger charge is -2.40. The van der Waals surface area contributed by atoms with Gasteiger partial charge >= 0.3 is 6.18 Å². The number of nitrogens with one attached hydrogen (secondary N) is 2. The van der Waals surface area contributed by atoms with Gasteiger partial charge in [-0.3, -0.25) is 29.4 Å². The van der Waals surface area contributed by atoms with Gasteiger partial charge in [-0.15, -0.1) is 0 Å². The summed E-state index contributed by atoms with van der Waals surface area (Å²) >= 11 is 6.89. The van der Waals surface area contributed by atoms with E-state index in [1.54, 1.807) is 43.3 Å². The molecule has 308 valence electrons. The zero-order valence-corrected chi connectivity index (χ0v) is 33.2. The number of methoxy groups -OCH3 is 1. The Bertz CT molecular complexity index is 2300. The molecule has 1 unspecified atom stereocenters. The molecule has 16 heteroatoms. The summed E-state index contributed by atoms with van der Waals surface area (Å²) in [5.74, 6) is -1.20. The lowest BCUT2D eigenvalue weighted by atomic mass is 9.92. The van der Waals surface area contributed by atoms with Crippen LogP contribution in [0.15, 0.2) is 59.5 Å². The molecule has 0 saturated carbocycles. The molecule has 0 bridgehead atoms. The average Bonchev–Trinajstić information content (AvgIpc) is 3.20. The lowest BCUT2D eigenvalue weighted by Crippen LogP contribution is -2.49. The average molecular weight is 825 g/mol. The number of anilines is 2. The van der Waals surface area contributed by atoms with Crippen molar-refractivity contribution in [2.45, 2.75) is 63.3 Å². The highest BCUT2D eigenvalue weighted by Crippen LogP contribution is 2.41. The van der Waals surface area contributed by atoms with Gasteiger partial charge < -0.3 is 24.4 Å². The monoisotopic (exact) mass is 824 g/mol. The van der Waals surface area contributed by atoms with E-state index < -0.39 is 35.4 Å². The molecular weight excluding hydrogens is 780 g/mol. The molecule has 0 spiro atoms. The zero-order chi connectivity index (χ0) is 41.5. The number of likely N-dealkylation sites (tertiary alicyclic amines) is 1. The number of carbonyl (C=O) groups is 3. The van der Waals surface area contributed by atoms with Gasteiger partial charge in [-0.1, -0.05) is 11.6 Å². The van der Waals surface area contributed by atoms with Crippen LogP contribution < -0.4 is 25.8 Å². The van der Waals surface area contributed by atoms with Crippen LogP contribution in [0.3, 0.4) is 0 Å². The van der Waals surface area contributed by atoms with Gasteiger partial charge in [-0.25, -0.2) is 4.39 Å². The molecule has 3 aliphatic heterocycles. The summed E-state index contributed by atoms with van der Waals surface area (Å²) in [4.78, 5) is 55.8. The van der Waals surface area contributed by atoms with Crippen molar-refractivity contribution >= 4 is 51.5 Å². The van der Waals surface area contributed by atoms with Gasteiger partial charge in [0, 0.05) is 104 Å². The minimum Gasteiger partial charge on any atom is -0.496 e. The highest BCUT2D eigenvalue weighted by molar-refractivity contribution is 6.32. The standard InChI is InChI=1S/C42H45ClF4N6O5/c1-50-22-31(30-20-26(44)4-6-29(30)41(50)57)25-18-34(43)32(37(19-25)58-3)23-52-14-12-28(13-15-52)51(2)40(56)24-10-16-53(17-11-24)36-8-5-27(21-33(36)42(45,46)47)48-35-7-9-38(54)49-39(35)55/h4-6,8,18-22,24,28,35,48H,7,9-17,23H2,1-3H3,(H,49,54,55). The van der Waals surface area contributed by atoms with Crippen LogP contribution in [0.4, 0.5) is 28.9 Å². The zero-order valence-electron chi connectivity index (χ0n) is 32.4. The molecule has 0 radical (unpaired) electrons. The van der Waals surface area contributed by atoms with Crippen LogP contribution in [0, 0.1) is 11.7 Å². The van der Waals surface area contributed by atoms with E-state index in [1.165, 1.54) is 34.9 Å². The number of piperidine rings is 3. The molecule has 3 fully saturated rings. The number of pyridine rings is 1. The first-order valence-corrected chi connectivity index (χ1v) is 19.7. The number of amides is 3. The first-order chi connectivity index (χ1) is 27.6. The number of hydrogen-bond donors (Lipinski definition) is 2. The Morgan fingerprint density at radius 1 is 0.966 bits per heavy atom. The normalized spacial score (nSPS) is 18.7. The predicted molar refractivity (Wildman–Crippen MR) is 213 cm³/mol. The van der Waals surface area contributed by atoms with E-state index in [9.17, 15) is 36.7 Å². The van der Waals surface area contributed by atoms with Crippen molar-refractivity contribution in [1.29, 1.82) is 0 Å². The van der Waals surface area contributed by atoms with E-state index in [2.05, 4.69) is 15.5 Å². The number of aromatic nitrogens is 1. The summed E-state index contributed by atoms with van der Waals surface area (Å²) < 4.78 is 64.4. The first kappa shape index (κ1) is 41.0. The third-order valence-electron chi connectivity index (χ3n) is 11.7. The number of imide groups is 1. The number of aryl methyl sites for hydroxylation is 1. The Kier molecular flexibility index (Phi) is 11.7. The molecule has 7 rings (SSSR count). The second-order valence-electron chi connectivity index (χ2n) is 15.4. The molecule has 4 aromatic rings. The maximum atomic E-state index is 14.3. The number of benzene rings is 3. The first-order valence-electron chi connectivity index (χ1n) is 19.3. The molecule has 0 aliphatic carbocycles. The number of alkyl halides is 3. The molecule has 1 aromatic heterocycles. The molecule has 1 atom stereocenters. The smallest absolute Gasteiger partial charge is 0.418 e. The molecule has 4 heterocycles. The third-order valence-corrected chi connectivity index (χ3v) is 12.1. The number of hydrogen-bond acceptors (Lipinski definition) is 8. The number of nitrogens with zero attached hydrogens (tertiary/aromatic N) is 4. The van der Waals surface area contributed by atoms with Crippen molar-refractivity contribution in [2.75, 3.05) is 50.6 Å². The maximum Gasteiger partial charge on any atom is 0.418 e. The summed E-state index contributed by atoms with van der Waals surface area (Å²) in [5, 5.41) is 6.37. The number of carbonyl (C=O) groups excluding carboxylic acids is 3. The maximum absolute atomic E-state index is 14.3. The Hall–Kier alpha value is -5.15. The van der Waals surface area contributed by atoms with Gasteiger partial charge in [0.15, 0.2) is 0 Å². The van der Waals surface area contributed by atoms with Crippen LogP contribution in [-0.4, -0.2) is 84.5 Å². The van der Waals surface area contributed by atoms with E-state index in [-0.39, 0.29) is 60.7 Å². The van der Waals surface area contributed by atoms with Gasteiger partial charge in [-0.2, -0.15) is 13.2 Å². The molecule has 3 saturated heterocycles. The highest BCUT2D eigenvalue weighted by Gasteiger charge is 2.38. The fourth-order valence-corrected chi connectivity index (χ4v) is 8.73. The van der Waals surface area contributed by atoms with Crippen LogP contribution in [0.1, 0.15) is 49.7 Å². The Balaban J connectivity index is 0.954. The van der Waals surface area contributed by atoms with Gasteiger partial charge in [0.2, 0.25) is 17.7 Å². The van der Waals surface area contributed by atoms with Gasteiger partial charge in [-0.05, 0) is 91.6 Å². The molecule has 3 amide bonds. The number of halogens is 5. The summed E-state index contributed by atoms with van der Waals surface area (Å²) in [6, 6.07) is 10.8. The number of ether oxygens (including phenoxy) is 1. The Labute approximate surface area is 337 Å². The van der Waals surface area contributed by atoms with Crippen molar-refractivity contribution in [2.24, 2.45) is 13.0 Å². The fraction of sp³-hybridized carbons (Fsp3) is 0.429. The van der Waals surface area contributed by atoms with Crippen molar-refractivity contribution in [3.8, 4) is 16.9 Å². The Morgan fingerprint density at radius 3 is 2.36 bits per heavy atom. The quantitative estimate of drug-likeness (QED) is 0.144. The molecule has 58 heavy (non-hydrogen) atoms. The fourth-order valence-electron chi connectivity index (χ4n) is 8.45. The highest BCUT2D eigenvalue weighted by atomic mass is 35.5. The molecule has 11 nitrogen and oxygen atoms in total. The second-order valence-corrected chi connectivity index (χ2v) is 15.8. The molecule has 3 aromatic carbocycles. The van der Waals surface area contributed by atoms with Crippen LogP contribution in [0.5, 0.6) is 5.75 Å².